The molecule has 2 heterocycles. The summed E-state index contributed by atoms with van der Waals surface area (Å²) in [6.45, 7) is 4.71. The molecule has 3 N–H and O–H groups in total. The minimum absolute atomic E-state index is 0.207. The van der Waals surface area contributed by atoms with Crippen LogP contribution in [0.3, 0.4) is 0 Å². The molecule has 1 aliphatic rings. The van der Waals surface area contributed by atoms with E-state index in [1.165, 1.54) is 30.0 Å². The number of benzene rings is 2. The highest BCUT2D eigenvalue weighted by Gasteiger charge is 2.14. The summed E-state index contributed by atoms with van der Waals surface area (Å²) in [5.41, 5.74) is 7.76. The van der Waals surface area contributed by atoms with Crippen molar-refractivity contribution in [2.75, 3.05) is 17.2 Å². The van der Waals surface area contributed by atoms with Gasteiger partial charge in [-0.25, -0.2) is 14.4 Å². The van der Waals surface area contributed by atoms with Crippen LogP contribution in [0.1, 0.15) is 34.4 Å². The van der Waals surface area contributed by atoms with Crippen LogP contribution in [0, 0.1) is 19.7 Å². The zero-order valence-corrected chi connectivity index (χ0v) is 17.8. The number of anilines is 3. The number of fused-ring (bicyclic) bond motifs is 2. The quantitative estimate of drug-likeness (QED) is 0.383. The third-order valence-electron chi connectivity index (χ3n) is 6.15. The Labute approximate surface area is 181 Å². The normalized spacial score (nSPS) is 12.9. The average Bonchev–Trinajstić information content (AvgIpc) is 3.36. The van der Waals surface area contributed by atoms with Crippen LogP contribution in [0.2, 0.25) is 0 Å². The van der Waals surface area contributed by atoms with Crippen LogP contribution in [0.15, 0.2) is 42.7 Å². The van der Waals surface area contributed by atoms with E-state index >= 15 is 0 Å². The van der Waals surface area contributed by atoms with Gasteiger partial charge in [0.1, 0.15) is 23.8 Å². The summed E-state index contributed by atoms with van der Waals surface area (Å²) in [5.74, 6) is 1.32. The van der Waals surface area contributed by atoms with Crippen LogP contribution in [0.4, 0.5) is 21.7 Å². The fourth-order valence-corrected chi connectivity index (χ4v) is 4.59. The van der Waals surface area contributed by atoms with Crippen LogP contribution in [-0.2, 0) is 19.3 Å². The van der Waals surface area contributed by atoms with Gasteiger partial charge in [-0.3, -0.25) is 0 Å². The second-order valence-corrected chi connectivity index (χ2v) is 8.27. The summed E-state index contributed by atoms with van der Waals surface area (Å²) in [4.78, 5) is 11.9. The first kappa shape index (κ1) is 19.5. The van der Waals surface area contributed by atoms with Crippen molar-refractivity contribution in [2.24, 2.45) is 0 Å². The maximum atomic E-state index is 14.2. The molecule has 0 saturated heterocycles. The lowest BCUT2D eigenvalue weighted by molar-refractivity contribution is 0.637. The number of aromatic nitrogens is 3. The molecule has 0 unspecified atom stereocenters. The number of nitrogens with zero attached hydrogens (tertiary/aromatic N) is 2. The standard InChI is InChI=1S/C25H26FN5/c1-15-6-9-21(26)25-24(15)20(16(2)30-25)10-11-27-22-13-23(29-14-28-22)31-19-8-7-17-4-3-5-18(17)12-19/h6-9,12-14,30H,3-5,10-11H2,1-2H3,(H2,27,28,29,31). The van der Waals surface area contributed by atoms with E-state index in [0.29, 0.717) is 12.1 Å². The number of hydrogen-bond donors (Lipinski definition) is 3. The van der Waals surface area contributed by atoms with E-state index in [1.54, 1.807) is 6.33 Å². The van der Waals surface area contributed by atoms with Gasteiger partial charge in [-0.05, 0) is 80.0 Å². The molecule has 1 aliphatic carbocycles. The van der Waals surface area contributed by atoms with Crippen LogP contribution < -0.4 is 10.6 Å². The Hall–Kier alpha value is -3.41. The summed E-state index contributed by atoms with van der Waals surface area (Å²) in [6, 6.07) is 11.8. The van der Waals surface area contributed by atoms with Crippen LogP contribution in [0.25, 0.3) is 10.9 Å². The van der Waals surface area contributed by atoms with Gasteiger partial charge in [-0.1, -0.05) is 12.1 Å². The van der Waals surface area contributed by atoms with Gasteiger partial charge >= 0.3 is 0 Å². The van der Waals surface area contributed by atoms with Crippen molar-refractivity contribution >= 4 is 28.2 Å². The summed E-state index contributed by atoms with van der Waals surface area (Å²) in [7, 11) is 0. The van der Waals surface area contributed by atoms with Gasteiger partial charge in [0, 0.05) is 29.4 Å². The third-order valence-corrected chi connectivity index (χ3v) is 6.15. The molecule has 0 atom stereocenters. The maximum absolute atomic E-state index is 14.2. The second-order valence-electron chi connectivity index (χ2n) is 8.27. The third kappa shape index (κ3) is 3.85. The second kappa shape index (κ2) is 8.02. The van der Waals surface area contributed by atoms with Gasteiger partial charge in [0.05, 0.1) is 5.52 Å². The molecule has 0 bridgehead atoms. The molecule has 0 amide bonds. The minimum Gasteiger partial charge on any atom is -0.370 e. The highest BCUT2D eigenvalue weighted by molar-refractivity contribution is 5.88. The number of rotatable bonds is 6. The zero-order valence-electron chi connectivity index (χ0n) is 17.8. The fourth-order valence-electron chi connectivity index (χ4n) is 4.59. The smallest absolute Gasteiger partial charge is 0.147 e. The highest BCUT2D eigenvalue weighted by Crippen LogP contribution is 2.29. The zero-order chi connectivity index (χ0) is 21.4. The maximum Gasteiger partial charge on any atom is 0.147 e. The van der Waals surface area contributed by atoms with Crippen LogP contribution in [-0.4, -0.2) is 21.5 Å². The highest BCUT2D eigenvalue weighted by atomic mass is 19.1. The predicted octanol–water partition coefficient (Wildman–Crippen LogP) is 5.60. The molecule has 5 nitrogen and oxygen atoms in total. The Bertz CT molecular complexity index is 1260. The summed E-state index contributed by atoms with van der Waals surface area (Å²) in [5, 5.41) is 7.75. The molecule has 4 aromatic rings. The molecule has 2 aromatic carbocycles. The first-order valence-corrected chi connectivity index (χ1v) is 10.8. The van der Waals surface area contributed by atoms with Gasteiger partial charge in [0.15, 0.2) is 0 Å². The summed E-state index contributed by atoms with van der Waals surface area (Å²) < 4.78 is 14.2. The lowest BCUT2D eigenvalue weighted by atomic mass is 10.0. The van der Waals surface area contributed by atoms with Crippen molar-refractivity contribution in [3.05, 3.63) is 76.5 Å². The van der Waals surface area contributed by atoms with Crippen molar-refractivity contribution in [2.45, 2.75) is 39.5 Å². The fraction of sp³-hybridized carbons (Fsp3) is 0.280. The van der Waals surface area contributed by atoms with E-state index in [-0.39, 0.29) is 5.82 Å². The van der Waals surface area contributed by atoms with Gasteiger partial charge in [-0.2, -0.15) is 0 Å². The molecule has 0 radical (unpaired) electrons. The SMILES string of the molecule is Cc1[nH]c2c(F)ccc(C)c2c1CCNc1cc(Nc2ccc3c(c2)CCC3)ncn1. The topological polar surface area (TPSA) is 65.6 Å². The lowest BCUT2D eigenvalue weighted by Gasteiger charge is -2.10. The molecule has 0 fully saturated rings. The number of halogens is 1. The number of hydrogen-bond acceptors (Lipinski definition) is 4. The van der Waals surface area contributed by atoms with Crippen LogP contribution >= 0.6 is 0 Å². The number of aryl methyl sites for hydroxylation is 4. The van der Waals surface area contributed by atoms with Crippen molar-refractivity contribution in [1.29, 1.82) is 0 Å². The molecule has 6 heteroatoms. The molecule has 158 valence electrons. The van der Waals surface area contributed by atoms with E-state index in [0.717, 1.165) is 52.4 Å². The Morgan fingerprint density at radius 3 is 2.74 bits per heavy atom. The number of H-pyrrole nitrogens is 1. The Balaban J connectivity index is 1.27. The first-order valence-electron chi connectivity index (χ1n) is 10.8. The predicted molar refractivity (Wildman–Crippen MR) is 124 cm³/mol. The van der Waals surface area contributed by atoms with E-state index in [4.69, 9.17) is 0 Å². The van der Waals surface area contributed by atoms with E-state index in [9.17, 15) is 4.39 Å². The molecule has 5 rings (SSSR count). The molecule has 31 heavy (non-hydrogen) atoms. The Morgan fingerprint density at radius 1 is 1.00 bits per heavy atom. The van der Waals surface area contributed by atoms with Gasteiger partial charge < -0.3 is 15.6 Å². The largest absolute Gasteiger partial charge is 0.370 e. The monoisotopic (exact) mass is 415 g/mol. The molecule has 0 spiro atoms. The molecular weight excluding hydrogens is 389 g/mol. The minimum atomic E-state index is -0.207. The number of nitrogens with one attached hydrogen (secondary N) is 3. The van der Waals surface area contributed by atoms with Crippen molar-refractivity contribution in [3.63, 3.8) is 0 Å². The average molecular weight is 416 g/mol. The molecular formula is C25H26FN5. The van der Waals surface area contributed by atoms with Crippen molar-refractivity contribution in [1.82, 2.24) is 15.0 Å². The first-order chi connectivity index (χ1) is 15.1. The van der Waals surface area contributed by atoms with E-state index < -0.39 is 0 Å². The van der Waals surface area contributed by atoms with Gasteiger partial charge in [-0.15, -0.1) is 0 Å². The van der Waals surface area contributed by atoms with E-state index in [2.05, 4.69) is 43.8 Å². The van der Waals surface area contributed by atoms with Crippen molar-refractivity contribution < 1.29 is 4.39 Å². The molecule has 2 aromatic heterocycles. The molecule has 0 saturated carbocycles. The number of aromatic amines is 1. The molecule has 0 aliphatic heterocycles. The van der Waals surface area contributed by atoms with Gasteiger partial charge in [0.25, 0.3) is 0 Å². The van der Waals surface area contributed by atoms with E-state index in [1.807, 2.05) is 26.0 Å². The van der Waals surface area contributed by atoms with Gasteiger partial charge in [0.2, 0.25) is 0 Å². The van der Waals surface area contributed by atoms with Crippen LogP contribution in [0.5, 0.6) is 0 Å². The Kier molecular flexibility index (Phi) is 5.06. The summed E-state index contributed by atoms with van der Waals surface area (Å²) in [6.07, 6.45) is 5.90. The Morgan fingerprint density at radius 2 is 1.84 bits per heavy atom. The summed E-state index contributed by atoms with van der Waals surface area (Å²) >= 11 is 0. The lowest BCUT2D eigenvalue weighted by Crippen LogP contribution is -2.08. The van der Waals surface area contributed by atoms with Crippen molar-refractivity contribution in [3.8, 4) is 0 Å².